The molecule has 1 amide bonds. The molecule has 0 spiro atoms. The molecule has 3 aromatic rings. The van der Waals surface area contributed by atoms with Crippen LogP contribution in [0.25, 0.3) is 11.3 Å². The van der Waals surface area contributed by atoms with Crippen LogP contribution in [0.2, 0.25) is 0 Å². The fourth-order valence-corrected chi connectivity index (χ4v) is 3.25. The Balaban J connectivity index is 1.63. The Morgan fingerprint density at radius 1 is 1.16 bits per heavy atom. The zero-order chi connectivity index (χ0) is 17.2. The number of nitrogens with one attached hydrogen (secondary N) is 1. The normalized spacial score (nSPS) is 13.4. The largest absolute Gasteiger partial charge is 0.497 e. The monoisotopic (exact) mass is 333 g/mol. The van der Waals surface area contributed by atoms with Crippen molar-refractivity contribution < 1.29 is 9.53 Å². The molecule has 1 aromatic heterocycles. The van der Waals surface area contributed by atoms with Gasteiger partial charge in [0.2, 0.25) is 0 Å². The Morgan fingerprint density at radius 3 is 2.92 bits per heavy atom. The first-order chi connectivity index (χ1) is 12.3. The molecule has 25 heavy (non-hydrogen) atoms. The zero-order valence-corrected chi connectivity index (χ0v) is 14.0. The molecule has 0 atom stereocenters. The molecule has 0 unspecified atom stereocenters. The summed E-state index contributed by atoms with van der Waals surface area (Å²) in [6, 6.07) is 17.5. The van der Waals surface area contributed by atoms with E-state index in [1.165, 1.54) is 5.56 Å². The number of methoxy groups -OCH3 is 1. The van der Waals surface area contributed by atoms with E-state index in [9.17, 15) is 4.79 Å². The minimum absolute atomic E-state index is 0.0474. The highest BCUT2D eigenvalue weighted by Crippen LogP contribution is 2.29. The van der Waals surface area contributed by atoms with Crippen molar-refractivity contribution in [1.82, 2.24) is 10.2 Å². The number of aromatic nitrogens is 2. The highest BCUT2D eigenvalue weighted by atomic mass is 16.5. The summed E-state index contributed by atoms with van der Waals surface area (Å²) in [5.41, 5.74) is 4.35. The number of fused-ring (bicyclic) bond motifs is 1. The summed E-state index contributed by atoms with van der Waals surface area (Å²) < 4.78 is 5.25. The minimum atomic E-state index is -0.0474. The Hall–Kier alpha value is -3.08. The molecule has 0 saturated carbocycles. The van der Waals surface area contributed by atoms with Crippen LogP contribution in [0.4, 0.5) is 5.69 Å². The van der Waals surface area contributed by atoms with E-state index in [0.29, 0.717) is 5.69 Å². The Morgan fingerprint density at radius 2 is 2.04 bits per heavy atom. The van der Waals surface area contributed by atoms with Crippen molar-refractivity contribution >= 4 is 11.6 Å². The van der Waals surface area contributed by atoms with E-state index in [-0.39, 0.29) is 5.91 Å². The van der Waals surface area contributed by atoms with Crippen LogP contribution in [0.1, 0.15) is 22.5 Å². The van der Waals surface area contributed by atoms with E-state index in [0.717, 1.165) is 42.1 Å². The van der Waals surface area contributed by atoms with Crippen LogP contribution in [0, 0.1) is 0 Å². The number of anilines is 1. The lowest BCUT2D eigenvalue weighted by atomic mass is 10.0. The van der Waals surface area contributed by atoms with Crippen LogP contribution in [0.3, 0.4) is 0 Å². The van der Waals surface area contributed by atoms with Crippen LogP contribution in [0.15, 0.2) is 54.6 Å². The lowest BCUT2D eigenvalue weighted by Gasteiger charge is -2.28. The number of ether oxygens (including phenoxy) is 1. The van der Waals surface area contributed by atoms with Crippen molar-refractivity contribution in [2.24, 2.45) is 0 Å². The third-order valence-corrected chi connectivity index (χ3v) is 4.53. The number of benzene rings is 2. The molecule has 0 saturated heterocycles. The molecule has 2 aromatic carbocycles. The quantitative estimate of drug-likeness (QED) is 0.795. The molecule has 2 heterocycles. The summed E-state index contributed by atoms with van der Waals surface area (Å²) in [5, 5.41) is 7.19. The van der Waals surface area contributed by atoms with Gasteiger partial charge in [0.1, 0.15) is 11.4 Å². The fourth-order valence-electron chi connectivity index (χ4n) is 3.25. The maximum absolute atomic E-state index is 13.0. The van der Waals surface area contributed by atoms with Gasteiger partial charge in [-0.2, -0.15) is 5.10 Å². The standard InChI is InChI=1S/C20H19N3O2/c1-25-16-9-4-7-15(12-16)17-13-18(22-21-17)20(24)23-11-5-8-14-6-2-3-10-19(14)23/h2-4,6-7,9-10,12-13H,5,8,11H2,1H3,(H,21,22). The van der Waals surface area contributed by atoms with E-state index in [1.54, 1.807) is 13.2 Å². The molecule has 5 nitrogen and oxygen atoms in total. The molecular formula is C20H19N3O2. The molecule has 1 N–H and O–H groups in total. The predicted molar refractivity (Wildman–Crippen MR) is 97.0 cm³/mol. The minimum Gasteiger partial charge on any atom is -0.497 e. The highest BCUT2D eigenvalue weighted by molar-refractivity contribution is 6.06. The average Bonchev–Trinajstić information content (AvgIpc) is 3.17. The van der Waals surface area contributed by atoms with E-state index < -0.39 is 0 Å². The van der Waals surface area contributed by atoms with Gasteiger partial charge in [-0.05, 0) is 42.7 Å². The van der Waals surface area contributed by atoms with Crippen LogP contribution in [-0.2, 0) is 6.42 Å². The summed E-state index contributed by atoms with van der Waals surface area (Å²) in [6.07, 6.45) is 1.98. The van der Waals surface area contributed by atoms with Crippen LogP contribution in [0.5, 0.6) is 5.75 Å². The van der Waals surface area contributed by atoms with Gasteiger partial charge in [-0.25, -0.2) is 0 Å². The second-order valence-electron chi connectivity index (χ2n) is 6.09. The van der Waals surface area contributed by atoms with Gasteiger partial charge < -0.3 is 9.64 Å². The Labute approximate surface area is 146 Å². The molecule has 0 radical (unpaired) electrons. The summed E-state index contributed by atoms with van der Waals surface area (Å²) in [4.78, 5) is 14.8. The van der Waals surface area contributed by atoms with Gasteiger partial charge in [0, 0.05) is 17.8 Å². The molecule has 0 bridgehead atoms. The van der Waals surface area contributed by atoms with E-state index in [2.05, 4.69) is 16.3 Å². The molecule has 0 fully saturated rings. The molecule has 0 aliphatic carbocycles. The van der Waals surface area contributed by atoms with Crippen molar-refractivity contribution in [3.8, 4) is 17.0 Å². The van der Waals surface area contributed by atoms with Gasteiger partial charge in [-0.3, -0.25) is 9.89 Å². The van der Waals surface area contributed by atoms with Crippen molar-refractivity contribution in [3.63, 3.8) is 0 Å². The molecule has 5 heteroatoms. The number of aromatic amines is 1. The molecular weight excluding hydrogens is 314 g/mol. The van der Waals surface area contributed by atoms with Gasteiger partial charge >= 0.3 is 0 Å². The smallest absolute Gasteiger partial charge is 0.276 e. The second-order valence-corrected chi connectivity index (χ2v) is 6.09. The van der Waals surface area contributed by atoms with Crippen LogP contribution >= 0.6 is 0 Å². The summed E-state index contributed by atoms with van der Waals surface area (Å²) in [6.45, 7) is 0.726. The SMILES string of the molecule is COc1cccc(-c2cc(C(=O)N3CCCc4ccccc43)[nH]n2)c1. The fraction of sp³-hybridized carbons (Fsp3) is 0.200. The molecule has 1 aliphatic rings. The second kappa shape index (κ2) is 6.43. The van der Waals surface area contributed by atoms with Crippen LogP contribution in [-0.4, -0.2) is 29.8 Å². The number of hydrogen-bond acceptors (Lipinski definition) is 3. The number of amides is 1. The van der Waals surface area contributed by atoms with Crippen molar-refractivity contribution in [3.05, 3.63) is 65.9 Å². The van der Waals surface area contributed by atoms with E-state index in [4.69, 9.17) is 4.74 Å². The first-order valence-electron chi connectivity index (χ1n) is 8.36. The van der Waals surface area contributed by atoms with Gasteiger partial charge in [0.15, 0.2) is 0 Å². The van der Waals surface area contributed by atoms with Gasteiger partial charge in [0.05, 0.1) is 12.8 Å². The number of H-pyrrole nitrogens is 1. The number of carbonyl (C=O) groups is 1. The molecule has 4 rings (SSSR count). The predicted octanol–water partition coefficient (Wildman–Crippen LogP) is 3.68. The third-order valence-electron chi connectivity index (χ3n) is 4.53. The van der Waals surface area contributed by atoms with Crippen molar-refractivity contribution in [2.45, 2.75) is 12.8 Å². The number of rotatable bonds is 3. The number of carbonyl (C=O) groups excluding carboxylic acids is 1. The third kappa shape index (κ3) is 2.89. The highest BCUT2D eigenvalue weighted by Gasteiger charge is 2.24. The number of para-hydroxylation sites is 1. The summed E-state index contributed by atoms with van der Waals surface area (Å²) in [5.74, 6) is 0.715. The molecule has 126 valence electrons. The summed E-state index contributed by atoms with van der Waals surface area (Å²) >= 11 is 0. The van der Waals surface area contributed by atoms with Crippen molar-refractivity contribution in [1.29, 1.82) is 0 Å². The van der Waals surface area contributed by atoms with Crippen molar-refractivity contribution in [2.75, 3.05) is 18.6 Å². The first-order valence-corrected chi connectivity index (χ1v) is 8.36. The first kappa shape index (κ1) is 15.4. The van der Waals surface area contributed by atoms with E-state index in [1.807, 2.05) is 47.4 Å². The van der Waals surface area contributed by atoms with Crippen LogP contribution < -0.4 is 9.64 Å². The van der Waals surface area contributed by atoms with E-state index >= 15 is 0 Å². The number of nitrogens with zero attached hydrogens (tertiary/aromatic N) is 2. The maximum Gasteiger partial charge on any atom is 0.276 e. The lowest BCUT2D eigenvalue weighted by molar-refractivity contribution is 0.0980. The lowest BCUT2D eigenvalue weighted by Crippen LogP contribution is -2.35. The Kier molecular flexibility index (Phi) is 3.98. The number of aryl methyl sites for hydroxylation is 1. The summed E-state index contributed by atoms with van der Waals surface area (Å²) in [7, 11) is 1.63. The number of hydrogen-bond donors (Lipinski definition) is 1. The van der Waals surface area contributed by atoms with Gasteiger partial charge in [-0.15, -0.1) is 0 Å². The topological polar surface area (TPSA) is 58.2 Å². The van der Waals surface area contributed by atoms with Gasteiger partial charge in [0.25, 0.3) is 5.91 Å². The maximum atomic E-state index is 13.0. The molecule has 1 aliphatic heterocycles. The zero-order valence-electron chi connectivity index (χ0n) is 14.0. The Bertz CT molecular complexity index is 917. The average molecular weight is 333 g/mol. The van der Waals surface area contributed by atoms with Gasteiger partial charge in [-0.1, -0.05) is 30.3 Å².